The summed E-state index contributed by atoms with van der Waals surface area (Å²) >= 11 is 1.52. The summed E-state index contributed by atoms with van der Waals surface area (Å²) in [5.41, 5.74) is 3.84. The maximum absolute atomic E-state index is 15.0. The average molecular weight is 868 g/mol. The highest BCUT2D eigenvalue weighted by atomic mass is 32.2. The summed E-state index contributed by atoms with van der Waals surface area (Å²) in [5.74, 6) is 0.0552. The van der Waals surface area contributed by atoms with E-state index in [1.54, 1.807) is 18.9 Å². The highest BCUT2D eigenvalue weighted by Gasteiger charge is 2.62. The first kappa shape index (κ1) is 42.9. The van der Waals surface area contributed by atoms with Gasteiger partial charge in [-0.05, 0) is 95.4 Å². The Bertz CT molecular complexity index is 2480. The van der Waals surface area contributed by atoms with Gasteiger partial charge in [0.1, 0.15) is 34.3 Å². The number of ketones is 1. The van der Waals surface area contributed by atoms with E-state index in [1.165, 1.54) is 11.3 Å². The number of ether oxygens (including phenoxy) is 2. The maximum Gasteiger partial charge on any atom is 0.245 e. The SMILES string of the molecule is COc1ccc2c(O[C@@H]3C[C@H]4C(=O)C[C@]5(C(=O)NS(=O)(=O)C6(C)CC6)C[C@@H]5/C=C\CCCCC[C@H](Nc5ccc(C)cc5)C(=O)N4C3)cc(-c3nc(C(C)C)cs3)nc2c1C. The van der Waals surface area contributed by atoms with Crippen molar-refractivity contribution in [3.8, 4) is 22.2 Å². The summed E-state index contributed by atoms with van der Waals surface area (Å²) < 4.78 is 40.6. The number of Topliss-reactive ketones (excluding diaryl/α,β-unsaturated/α-hetero) is 1. The number of methoxy groups -OCH3 is 1. The lowest BCUT2D eigenvalue weighted by Crippen LogP contribution is -2.49. The number of hydrogen-bond donors (Lipinski definition) is 2. The Balaban J connectivity index is 1.15. The van der Waals surface area contributed by atoms with Gasteiger partial charge in [-0.15, -0.1) is 11.3 Å². The molecule has 4 aromatic rings. The van der Waals surface area contributed by atoms with Gasteiger partial charge in [-0.1, -0.05) is 56.5 Å². The molecule has 4 heterocycles. The first-order valence-corrected chi connectivity index (χ1v) is 24.0. The van der Waals surface area contributed by atoms with Crippen LogP contribution in [0, 0.1) is 25.2 Å². The Labute approximate surface area is 363 Å². The molecular formula is C47H57N5O7S2. The fraction of sp³-hybridized carbons (Fsp3) is 0.511. The third kappa shape index (κ3) is 8.67. The molecule has 2 aromatic carbocycles. The molecule has 1 saturated heterocycles. The van der Waals surface area contributed by atoms with Gasteiger partial charge in [-0.3, -0.25) is 19.1 Å². The number of benzene rings is 2. The van der Waals surface area contributed by atoms with Gasteiger partial charge in [-0.25, -0.2) is 18.4 Å². The van der Waals surface area contributed by atoms with Crippen molar-refractivity contribution in [2.75, 3.05) is 19.0 Å². The van der Waals surface area contributed by atoms with Crippen molar-refractivity contribution < 1.29 is 32.3 Å². The Hall–Kier alpha value is -4.82. The molecule has 0 radical (unpaired) electrons. The number of allylic oxidation sites excluding steroid dienone is 2. The number of hydrogen-bond acceptors (Lipinski definition) is 11. The molecule has 2 amide bonds. The molecule has 5 atom stereocenters. The molecule has 8 rings (SSSR count). The van der Waals surface area contributed by atoms with Crippen molar-refractivity contribution >= 4 is 55.5 Å². The Kier molecular flexibility index (Phi) is 11.8. The van der Waals surface area contributed by atoms with Crippen molar-refractivity contribution in [3.05, 3.63) is 76.8 Å². The van der Waals surface area contributed by atoms with Crippen LogP contribution in [0.2, 0.25) is 0 Å². The molecule has 0 unspecified atom stereocenters. The minimum atomic E-state index is -3.94. The lowest BCUT2D eigenvalue weighted by Gasteiger charge is -2.30. The maximum atomic E-state index is 15.0. The summed E-state index contributed by atoms with van der Waals surface area (Å²) in [6, 6.07) is 12.1. The van der Waals surface area contributed by atoms with E-state index in [4.69, 9.17) is 19.4 Å². The number of nitrogens with one attached hydrogen (secondary N) is 2. The van der Waals surface area contributed by atoms with Gasteiger partial charge >= 0.3 is 0 Å². The van der Waals surface area contributed by atoms with Crippen molar-refractivity contribution in [2.24, 2.45) is 11.3 Å². The van der Waals surface area contributed by atoms with Crippen LogP contribution >= 0.6 is 11.3 Å². The second-order valence-corrected chi connectivity index (χ2v) is 21.2. The molecule has 3 fully saturated rings. The molecule has 2 aromatic heterocycles. The fourth-order valence-electron chi connectivity index (χ4n) is 8.79. The van der Waals surface area contributed by atoms with E-state index >= 15 is 0 Å². The molecule has 324 valence electrons. The number of anilines is 1. The van der Waals surface area contributed by atoms with E-state index in [2.05, 4.69) is 30.0 Å². The standard InChI is InChI=1S/C47H57N5O7S2/c1-28(2)37-27-60-43(50-37)36-23-41(34-18-19-40(58-6)30(4)42(34)49-36)59-33-22-38-39(53)25-47(45(55)51-61(56,57)46(5)20-21-46)24-31(47)12-10-8-7-9-11-13-35(44(54)52(38)26-33)48-32-16-14-29(3)15-17-32/h10,12,14-19,23,27-28,31,33,35,38,48H,7-9,11,13,20-22,24-26H2,1-6H3,(H,51,55)/b12-10-/t31-,33+,35-,38-,47+/m0/s1. The first-order valence-electron chi connectivity index (χ1n) is 21.6. The predicted octanol–water partition coefficient (Wildman–Crippen LogP) is 8.42. The molecule has 14 heteroatoms. The molecule has 2 saturated carbocycles. The molecule has 2 N–H and O–H groups in total. The number of sulfonamides is 1. The van der Waals surface area contributed by atoms with Crippen LogP contribution < -0.4 is 19.5 Å². The van der Waals surface area contributed by atoms with Crippen LogP contribution in [0.5, 0.6) is 11.5 Å². The number of carbonyl (C=O) groups is 3. The van der Waals surface area contributed by atoms with Crippen LogP contribution in [0.15, 0.2) is 60.0 Å². The van der Waals surface area contributed by atoms with Crippen LogP contribution in [0.3, 0.4) is 0 Å². The van der Waals surface area contributed by atoms with Crippen LogP contribution in [0.1, 0.15) is 108 Å². The lowest BCUT2D eigenvalue weighted by molar-refractivity contribution is -0.139. The number of nitrogens with zero attached hydrogens (tertiary/aromatic N) is 3. The van der Waals surface area contributed by atoms with E-state index < -0.39 is 44.3 Å². The zero-order valence-electron chi connectivity index (χ0n) is 36.0. The molecule has 0 bridgehead atoms. The Morgan fingerprint density at radius 3 is 2.49 bits per heavy atom. The highest BCUT2D eigenvalue weighted by molar-refractivity contribution is 7.91. The van der Waals surface area contributed by atoms with Crippen LogP contribution in [-0.4, -0.2) is 77.5 Å². The summed E-state index contributed by atoms with van der Waals surface area (Å²) in [4.78, 5) is 55.5. The van der Waals surface area contributed by atoms with Crippen molar-refractivity contribution in [1.82, 2.24) is 19.6 Å². The smallest absolute Gasteiger partial charge is 0.245 e. The van der Waals surface area contributed by atoms with Gasteiger partial charge in [0.25, 0.3) is 0 Å². The summed E-state index contributed by atoms with van der Waals surface area (Å²) in [7, 11) is -2.31. The van der Waals surface area contributed by atoms with Gasteiger partial charge < -0.3 is 19.7 Å². The number of fused-ring (bicyclic) bond motifs is 3. The largest absolute Gasteiger partial charge is 0.496 e. The van der Waals surface area contributed by atoms with Gasteiger partial charge in [0.05, 0.1) is 41.1 Å². The van der Waals surface area contributed by atoms with Gasteiger partial charge in [-0.2, -0.15) is 0 Å². The normalized spacial score (nSPS) is 25.9. The highest BCUT2D eigenvalue weighted by Crippen LogP contribution is 2.57. The van der Waals surface area contributed by atoms with Crippen LogP contribution in [0.4, 0.5) is 5.69 Å². The number of rotatable bonds is 10. The van der Waals surface area contributed by atoms with Gasteiger partial charge in [0, 0.05) is 40.9 Å². The molecule has 0 spiro atoms. The fourth-order valence-corrected chi connectivity index (χ4v) is 11.1. The Morgan fingerprint density at radius 2 is 1.79 bits per heavy atom. The molecule has 2 aliphatic heterocycles. The second kappa shape index (κ2) is 16.8. The van der Waals surface area contributed by atoms with E-state index in [0.29, 0.717) is 48.4 Å². The quantitative estimate of drug-likeness (QED) is 0.148. The first-order chi connectivity index (χ1) is 29.1. The summed E-state index contributed by atoms with van der Waals surface area (Å²) in [5, 5.41) is 7.05. The van der Waals surface area contributed by atoms with Crippen molar-refractivity contribution in [3.63, 3.8) is 0 Å². The number of thiazole rings is 1. The van der Waals surface area contributed by atoms with Gasteiger partial charge in [0.2, 0.25) is 21.8 Å². The van der Waals surface area contributed by atoms with E-state index in [-0.39, 0.29) is 42.9 Å². The van der Waals surface area contributed by atoms with E-state index in [9.17, 15) is 22.8 Å². The molecule has 12 nitrogen and oxygen atoms in total. The number of pyridine rings is 1. The molecule has 61 heavy (non-hydrogen) atoms. The van der Waals surface area contributed by atoms with E-state index in [1.807, 2.05) is 67.8 Å². The van der Waals surface area contributed by atoms with Crippen molar-refractivity contribution in [2.45, 2.75) is 128 Å². The lowest BCUT2D eigenvalue weighted by atomic mass is 9.91. The second-order valence-electron chi connectivity index (χ2n) is 18.1. The third-order valence-corrected chi connectivity index (χ3v) is 16.3. The molecule has 2 aliphatic carbocycles. The van der Waals surface area contributed by atoms with Gasteiger partial charge in [0.15, 0.2) is 5.78 Å². The number of aryl methyl sites for hydroxylation is 2. The molecule has 4 aliphatic rings. The minimum Gasteiger partial charge on any atom is -0.496 e. The Morgan fingerprint density at radius 1 is 1.02 bits per heavy atom. The van der Waals surface area contributed by atoms with E-state index in [0.717, 1.165) is 58.6 Å². The minimum absolute atomic E-state index is 0.139. The number of carbonyl (C=O) groups excluding carboxylic acids is 3. The predicted molar refractivity (Wildman–Crippen MR) is 238 cm³/mol. The monoisotopic (exact) mass is 867 g/mol. The summed E-state index contributed by atoms with van der Waals surface area (Å²) in [6.45, 7) is 9.95. The zero-order valence-corrected chi connectivity index (χ0v) is 37.6. The van der Waals surface area contributed by atoms with Crippen molar-refractivity contribution in [1.29, 1.82) is 0 Å². The topological polar surface area (TPSA) is 157 Å². The van der Waals surface area contributed by atoms with Crippen LogP contribution in [-0.2, 0) is 24.4 Å². The number of amides is 2. The average Bonchev–Trinajstić information content (AvgIpc) is 4.00. The third-order valence-electron chi connectivity index (χ3n) is 13.2. The zero-order chi connectivity index (χ0) is 43.3. The van der Waals surface area contributed by atoms with Crippen LogP contribution in [0.25, 0.3) is 21.6 Å². The summed E-state index contributed by atoms with van der Waals surface area (Å²) in [6.07, 6.45) is 8.71. The number of aromatic nitrogens is 2. The molecular weight excluding hydrogens is 811 g/mol.